The second-order valence-electron chi connectivity index (χ2n) is 2.27. The summed E-state index contributed by atoms with van der Waals surface area (Å²) in [5, 5.41) is 1.92. The molecule has 1 aromatic rings. The minimum absolute atomic E-state index is 0.797. The highest BCUT2D eigenvalue weighted by atomic mass is 32.1. The van der Waals surface area contributed by atoms with Crippen molar-refractivity contribution in [3.63, 3.8) is 0 Å². The highest BCUT2D eigenvalue weighted by molar-refractivity contribution is 7.80. The monoisotopic (exact) mass is 198 g/mol. The maximum atomic E-state index is 10.5. The second kappa shape index (κ2) is 5.17. The summed E-state index contributed by atoms with van der Waals surface area (Å²) in [5.41, 5.74) is 1.01. The van der Waals surface area contributed by atoms with Gasteiger partial charge in [0.05, 0.1) is 4.88 Å². The van der Waals surface area contributed by atoms with E-state index < -0.39 is 0 Å². The van der Waals surface area contributed by atoms with Crippen molar-refractivity contribution in [3.8, 4) is 0 Å². The molecule has 0 saturated carbocycles. The number of carbonyl (C=O) groups excluding carboxylic acids is 1. The fourth-order valence-corrected chi connectivity index (χ4v) is 1.69. The molecule has 0 fully saturated rings. The smallest absolute Gasteiger partial charge is 0.160 e. The normalized spacial score (nSPS) is 10.8. The average molecular weight is 198 g/mol. The Hall–Kier alpha value is -0.540. The zero-order valence-electron chi connectivity index (χ0n) is 6.56. The number of thiol groups is 1. The molecule has 0 radical (unpaired) electrons. The van der Waals surface area contributed by atoms with E-state index in [1.807, 2.05) is 23.6 Å². The van der Waals surface area contributed by atoms with E-state index in [4.69, 9.17) is 0 Å². The molecule has 1 aromatic heterocycles. The van der Waals surface area contributed by atoms with E-state index in [1.54, 1.807) is 0 Å². The first-order valence-electron chi connectivity index (χ1n) is 3.68. The quantitative estimate of drug-likeness (QED) is 0.581. The van der Waals surface area contributed by atoms with Crippen LogP contribution < -0.4 is 0 Å². The van der Waals surface area contributed by atoms with Crippen molar-refractivity contribution in [1.29, 1.82) is 0 Å². The Balaban J connectivity index is 2.67. The van der Waals surface area contributed by atoms with Gasteiger partial charge in [-0.15, -0.1) is 11.3 Å². The van der Waals surface area contributed by atoms with Crippen molar-refractivity contribution in [1.82, 2.24) is 0 Å². The van der Waals surface area contributed by atoms with Gasteiger partial charge in [0.25, 0.3) is 0 Å². The lowest BCUT2D eigenvalue weighted by Crippen LogP contribution is -1.75. The lowest BCUT2D eigenvalue weighted by Gasteiger charge is -1.87. The first-order chi connectivity index (χ1) is 5.88. The van der Waals surface area contributed by atoms with Gasteiger partial charge >= 0.3 is 0 Å². The molecule has 0 atom stereocenters. The minimum atomic E-state index is 0.797. The zero-order valence-corrected chi connectivity index (χ0v) is 8.28. The lowest BCUT2D eigenvalue weighted by molar-refractivity contribution is 0.112. The molecule has 0 aliphatic carbocycles. The van der Waals surface area contributed by atoms with Crippen LogP contribution in [0, 0.1) is 0 Å². The van der Waals surface area contributed by atoms with Crippen LogP contribution in [0.1, 0.15) is 21.7 Å². The maximum absolute atomic E-state index is 10.5. The molecular formula is C9H10OS2. The highest BCUT2D eigenvalue weighted by Crippen LogP contribution is 2.15. The van der Waals surface area contributed by atoms with Crippen molar-refractivity contribution in [2.75, 3.05) is 5.75 Å². The van der Waals surface area contributed by atoms with Crippen molar-refractivity contribution >= 4 is 36.3 Å². The van der Waals surface area contributed by atoms with Crippen LogP contribution in [0.25, 0.3) is 6.08 Å². The van der Waals surface area contributed by atoms with Crippen LogP contribution in [0.2, 0.25) is 0 Å². The van der Waals surface area contributed by atoms with Crippen molar-refractivity contribution in [3.05, 3.63) is 28.0 Å². The van der Waals surface area contributed by atoms with E-state index in [2.05, 4.69) is 12.6 Å². The third kappa shape index (κ3) is 2.50. The van der Waals surface area contributed by atoms with Gasteiger partial charge in [0.2, 0.25) is 0 Å². The van der Waals surface area contributed by atoms with Gasteiger partial charge in [-0.25, -0.2) is 0 Å². The lowest BCUT2D eigenvalue weighted by atomic mass is 10.2. The van der Waals surface area contributed by atoms with Gasteiger partial charge < -0.3 is 0 Å². The molecule has 3 heteroatoms. The molecular weight excluding hydrogens is 188 g/mol. The van der Waals surface area contributed by atoms with Crippen molar-refractivity contribution < 1.29 is 4.79 Å². The molecule has 0 aliphatic rings. The molecule has 0 unspecified atom stereocenters. The fourth-order valence-electron chi connectivity index (χ4n) is 0.849. The van der Waals surface area contributed by atoms with Gasteiger partial charge in [0.15, 0.2) is 6.29 Å². The first-order valence-corrected chi connectivity index (χ1v) is 5.19. The standard InChI is InChI=1S/C9H10OS2/c10-7-9-8(4-6-12-9)3-1-2-5-11/h1,3-4,6-7,11H,2,5H2. The molecule has 0 aliphatic heterocycles. The maximum Gasteiger partial charge on any atom is 0.160 e. The largest absolute Gasteiger partial charge is 0.297 e. The van der Waals surface area contributed by atoms with Crippen LogP contribution in [0.15, 0.2) is 17.5 Å². The predicted molar refractivity (Wildman–Crippen MR) is 57.2 cm³/mol. The van der Waals surface area contributed by atoms with Crippen LogP contribution in [0.4, 0.5) is 0 Å². The summed E-state index contributed by atoms with van der Waals surface area (Å²) in [4.78, 5) is 11.3. The molecule has 0 aromatic carbocycles. The number of allylic oxidation sites excluding steroid dienone is 1. The Morgan fingerprint density at radius 2 is 2.42 bits per heavy atom. The number of carbonyl (C=O) groups is 1. The molecule has 0 N–H and O–H groups in total. The van der Waals surface area contributed by atoms with Gasteiger partial charge in [0, 0.05) is 0 Å². The van der Waals surface area contributed by atoms with E-state index in [1.165, 1.54) is 11.3 Å². The summed E-state index contributed by atoms with van der Waals surface area (Å²) < 4.78 is 0. The summed E-state index contributed by atoms with van der Waals surface area (Å²) in [7, 11) is 0. The molecule has 0 bridgehead atoms. The van der Waals surface area contributed by atoms with Gasteiger partial charge in [0.1, 0.15) is 0 Å². The summed E-state index contributed by atoms with van der Waals surface area (Å²) in [6.07, 6.45) is 5.83. The number of hydrogen-bond donors (Lipinski definition) is 1. The van der Waals surface area contributed by atoms with E-state index in [0.717, 1.165) is 28.9 Å². The molecule has 1 heterocycles. The summed E-state index contributed by atoms with van der Waals surface area (Å²) in [6, 6.07) is 1.95. The third-order valence-corrected chi connectivity index (χ3v) is 2.54. The van der Waals surface area contributed by atoms with Gasteiger partial charge in [-0.2, -0.15) is 12.6 Å². The molecule has 1 rings (SSSR count). The van der Waals surface area contributed by atoms with Crippen LogP contribution in [0.3, 0.4) is 0 Å². The first kappa shape index (κ1) is 9.55. The molecule has 64 valence electrons. The van der Waals surface area contributed by atoms with Crippen LogP contribution in [0.5, 0.6) is 0 Å². The summed E-state index contributed by atoms with van der Waals surface area (Å²) in [6.45, 7) is 0. The van der Waals surface area contributed by atoms with E-state index in [0.29, 0.717) is 0 Å². The Labute approximate surface area is 81.5 Å². The molecule has 0 spiro atoms. The van der Waals surface area contributed by atoms with Gasteiger partial charge in [-0.1, -0.05) is 12.2 Å². The summed E-state index contributed by atoms with van der Waals surface area (Å²) in [5.74, 6) is 0.844. The number of hydrogen-bond acceptors (Lipinski definition) is 3. The Bertz CT molecular complexity index is 276. The zero-order chi connectivity index (χ0) is 8.81. The molecule has 12 heavy (non-hydrogen) atoms. The van der Waals surface area contributed by atoms with E-state index in [-0.39, 0.29) is 0 Å². The minimum Gasteiger partial charge on any atom is -0.297 e. The summed E-state index contributed by atoms with van der Waals surface area (Å²) >= 11 is 5.55. The van der Waals surface area contributed by atoms with E-state index >= 15 is 0 Å². The van der Waals surface area contributed by atoms with E-state index in [9.17, 15) is 4.79 Å². The molecule has 1 nitrogen and oxygen atoms in total. The number of rotatable bonds is 4. The number of aldehydes is 1. The Morgan fingerprint density at radius 1 is 1.58 bits per heavy atom. The topological polar surface area (TPSA) is 17.1 Å². The Morgan fingerprint density at radius 3 is 3.08 bits per heavy atom. The van der Waals surface area contributed by atoms with Crippen LogP contribution >= 0.6 is 24.0 Å². The van der Waals surface area contributed by atoms with Crippen molar-refractivity contribution in [2.24, 2.45) is 0 Å². The van der Waals surface area contributed by atoms with Crippen LogP contribution in [-0.2, 0) is 0 Å². The SMILES string of the molecule is O=Cc1sccc1C=CCCS. The third-order valence-electron chi connectivity index (χ3n) is 1.43. The second-order valence-corrected chi connectivity index (χ2v) is 3.67. The predicted octanol–water partition coefficient (Wildman–Crippen LogP) is 2.89. The van der Waals surface area contributed by atoms with Gasteiger partial charge in [-0.05, 0) is 29.2 Å². The Kier molecular flexibility index (Phi) is 4.11. The van der Waals surface area contributed by atoms with Gasteiger partial charge in [-0.3, -0.25) is 4.79 Å². The molecule has 0 saturated heterocycles. The number of thiophene rings is 1. The average Bonchev–Trinajstić information content (AvgIpc) is 2.52. The van der Waals surface area contributed by atoms with Crippen molar-refractivity contribution in [2.45, 2.75) is 6.42 Å². The highest BCUT2D eigenvalue weighted by Gasteiger charge is 1.97. The molecule has 0 amide bonds. The fraction of sp³-hybridized carbons (Fsp3) is 0.222. The van der Waals surface area contributed by atoms with Crippen LogP contribution in [-0.4, -0.2) is 12.0 Å².